The van der Waals surface area contributed by atoms with Crippen LogP contribution in [0.2, 0.25) is 0 Å². The standard InChI is InChI=1S/C19H16FO3.C5H5.Fe/c1-12(15-8-10-17(20)11-9-15)18(23)19(13(2)21,14(3)22)16-6-4-5-7-16;1-2-4-5-3-1;/h4-11H,1H2,2-3H3;1-5H;/q-1;-5;. The van der Waals surface area contributed by atoms with Gasteiger partial charge < -0.3 is 30.3 Å². The fraction of sp³-hybridized carbons (Fsp3) is 0.125. The molecule has 0 amide bonds. The van der Waals surface area contributed by atoms with Gasteiger partial charge in [-0.05, 0) is 31.5 Å². The molecule has 0 spiro atoms. The second-order valence-electron chi connectivity index (χ2n) is 6.31. The van der Waals surface area contributed by atoms with Gasteiger partial charge in [0.15, 0.2) is 5.78 Å². The summed E-state index contributed by atoms with van der Waals surface area (Å²) in [7, 11) is 0. The maximum atomic E-state index is 13.0. The van der Waals surface area contributed by atoms with E-state index in [9.17, 15) is 18.8 Å². The first-order chi connectivity index (χ1) is 13.3. The number of carbonyl (C=O) groups excluding carboxylic acids is 3. The Hall–Kier alpha value is -2.88. The topological polar surface area (TPSA) is 51.2 Å². The Morgan fingerprint density at radius 1 is 0.897 bits per heavy atom. The van der Waals surface area contributed by atoms with Gasteiger partial charge in [-0.25, -0.2) is 16.5 Å². The molecular formula is C24H21FFeO3-6. The molecule has 3 rings (SSSR count). The third-order valence-electron chi connectivity index (χ3n) is 4.51. The quantitative estimate of drug-likeness (QED) is 0.247. The van der Waals surface area contributed by atoms with Crippen LogP contribution in [0.15, 0.2) is 85.4 Å². The van der Waals surface area contributed by atoms with Gasteiger partial charge in [-0.15, -0.1) is 5.56 Å². The summed E-state index contributed by atoms with van der Waals surface area (Å²) in [5.41, 5.74) is -1.22. The van der Waals surface area contributed by atoms with Crippen LogP contribution in [0, 0.1) is 5.82 Å². The maximum absolute atomic E-state index is 13.0. The number of benzene rings is 1. The summed E-state index contributed by atoms with van der Waals surface area (Å²) in [5, 5.41) is 0. The van der Waals surface area contributed by atoms with Crippen molar-refractivity contribution in [3.05, 3.63) is 102 Å². The van der Waals surface area contributed by atoms with Crippen molar-refractivity contribution in [2.24, 2.45) is 0 Å². The van der Waals surface area contributed by atoms with Crippen molar-refractivity contribution in [3.63, 3.8) is 0 Å². The van der Waals surface area contributed by atoms with Crippen LogP contribution < -0.4 is 0 Å². The fourth-order valence-corrected chi connectivity index (χ4v) is 3.06. The van der Waals surface area contributed by atoms with E-state index in [2.05, 4.69) is 6.58 Å². The molecule has 29 heavy (non-hydrogen) atoms. The van der Waals surface area contributed by atoms with Gasteiger partial charge in [0.25, 0.3) is 0 Å². The Bertz CT molecular complexity index is 921. The van der Waals surface area contributed by atoms with Gasteiger partial charge in [0.2, 0.25) is 0 Å². The molecule has 0 saturated heterocycles. The van der Waals surface area contributed by atoms with Crippen molar-refractivity contribution in [3.8, 4) is 0 Å². The number of hydrogen-bond donors (Lipinski definition) is 0. The van der Waals surface area contributed by atoms with Gasteiger partial charge in [0.1, 0.15) is 22.8 Å². The van der Waals surface area contributed by atoms with Crippen LogP contribution in [0.1, 0.15) is 25.0 Å². The molecule has 0 unspecified atom stereocenters. The molecule has 3 aromatic rings. The van der Waals surface area contributed by atoms with Gasteiger partial charge in [0.05, 0.1) is 0 Å². The van der Waals surface area contributed by atoms with Gasteiger partial charge in [-0.3, -0.25) is 14.4 Å². The second kappa shape index (κ2) is 10.6. The number of hydrogen-bond acceptors (Lipinski definition) is 3. The number of ketones is 3. The Balaban J connectivity index is 0.000000610. The smallest absolute Gasteiger partial charge is 0.176 e. The van der Waals surface area contributed by atoms with E-state index in [1.807, 2.05) is 30.3 Å². The molecule has 0 bridgehead atoms. The number of halogens is 1. The molecular weight excluding hydrogens is 411 g/mol. The summed E-state index contributed by atoms with van der Waals surface area (Å²) in [6, 6.07) is 21.6. The third-order valence-corrected chi connectivity index (χ3v) is 4.51. The summed E-state index contributed by atoms with van der Waals surface area (Å²) in [5.74, 6) is -2.27. The Morgan fingerprint density at radius 2 is 1.31 bits per heavy atom. The van der Waals surface area contributed by atoms with E-state index in [-0.39, 0.29) is 22.6 Å². The zero-order valence-corrected chi connectivity index (χ0v) is 17.3. The Labute approximate surface area is 180 Å². The monoisotopic (exact) mass is 432 g/mol. The van der Waals surface area contributed by atoms with Crippen LogP contribution in [0.3, 0.4) is 0 Å². The van der Waals surface area contributed by atoms with Crippen molar-refractivity contribution in [2.75, 3.05) is 0 Å². The van der Waals surface area contributed by atoms with E-state index in [0.717, 1.165) is 0 Å². The number of rotatable bonds is 6. The van der Waals surface area contributed by atoms with E-state index in [0.29, 0.717) is 11.1 Å². The summed E-state index contributed by atoms with van der Waals surface area (Å²) < 4.78 is 13.0. The van der Waals surface area contributed by atoms with E-state index in [1.54, 1.807) is 24.3 Å². The fourth-order valence-electron chi connectivity index (χ4n) is 3.06. The van der Waals surface area contributed by atoms with Gasteiger partial charge >= 0.3 is 0 Å². The number of allylic oxidation sites excluding steroid dienone is 1. The zero-order chi connectivity index (χ0) is 20.7. The van der Waals surface area contributed by atoms with Crippen LogP contribution in [0.25, 0.3) is 5.57 Å². The van der Waals surface area contributed by atoms with Gasteiger partial charge in [0, 0.05) is 22.6 Å². The first-order valence-electron chi connectivity index (χ1n) is 8.72. The second-order valence-corrected chi connectivity index (χ2v) is 6.31. The van der Waals surface area contributed by atoms with Crippen LogP contribution in [0.4, 0.5) is 4.39 Å². The number of carbonyl (C=O) groups is 3. The molecule has 0 N–H and O–H groups in total. The average Bonchev–Trinajstić information content (AvgIpc) is 3.38. The summed E-state index contributed by atoms with van der Waals surface area (Å²) in [6.07, 6.45) is 0. The predicted molar refractivity (Wildman–Crippen MR) is 108 cm³/mol. The van der Waals surface area contributed by atoms with Crippen molar-refractivity contribution >= 4 is 22.9 Å². The van der Waals surface area contributed by atoms with Crippen LogP contribution in [-0.2, 0) is 36.9 Å². The minimum Gasteiger partial charge on any atom is -0.748 e. The first kappa shape index (κ1) is 24.2. The van der Waals surface area contributed by atoms with E-state index < -0.39 is 28.6 Å². The van der Waals surface area contributed by atoms with Crippen LogP contribution in [-0.4, -0.2) is 17.3 Å². The molecule has 0 radical (unpaired) electrons. The first-order valence-corrected chi connectivity index (χ1v) is 8.72. The molecule has 0 aliphatic rings. The normalized spacial score (nSPS) is 10.2. The molecule has 0 aliphatic heterocycles. The molecule has 0 aromatic heterocycles. The summed E-state index contributed by atoms with van der Waals surface area (Å²) >= 11 is 0. The third kappa shape index (κ3) is 5.14. The van der Waals surface area contributed by atoms with E-state index >= 15 is 0 Å². The summed E-state index contributed by atoms with van der Waals surface area (Å²) in [4.78, 5) is 37.6. The van der Waals surface area contributed by atoms with Crippen molar-refractivity contribution in [1.29, 1.82) is 0 Å². The maximum Gasteiger partial charge on any atom is 0.176 e. The summed E-state index contributed by atoms with van der Waals surface area (Å²) in [6.45, 7) is 6.14. The zero-order valence-electron chi connectivity index (χ0n) is 16.2. The minimum absolute atomic E-state index is 0. The van der Waals surface area contributed by atoms with Crippen molar-refractivity contribution in [2.45, 2.75) is 19.3 Å². The molecule has 156 valence electrons. The molecule has 0 atom stereocenters. The molecule has 3 nitrogen and oxygen atoms in total. The van der Waals surface area contributed by atoms with Gasteiger partial charge in [-0.2, -0.15) is 12.1 Å². The van der Waals surface area contributed by atoms with Crippen molar-refractivity contribution in [1.82, 2.24) is 0 Å². The predicted octanol–water partition coefficient (Wildman–Crippen LogP) is 4.65. The molecule has 0 aliphatic carbocycles. The molecule has 0 fully saturated rings. The molecule has 0 saturated carbocycles. The van der Waals surface area contributed by atoms with Crippen LogP contribution >= 0.6 is 0 Å². The van der Waals surface area contributed by atoms with E-state index in [1.165, 1.54) is 38.1 Å². The van der Waals surface area contributed by atoms with Gasteiger partial charge in [-0.1, -0.05) is 18.7 Å². The van der Waals surface area contributed by atoms with E-state index in [4.69, 9.17) is 0 Å². The molecule has 5 heteroatoms. The largest absolute Gasteiger partial charge is 0.748 e. The minimum atomic E-state index is -1.91. The van der Waals surface area contributed by atoms with Crippen LogP contribution in [0.5, 0.6) is 0 Å². The molecule has 0 heterocycles. The Kier molecular flexibility index (Phi) is 8.83. The average molecular weight is 432 g/mol. The SMILES string of the molecule is C=C(C(=O)C(C(C)=O)(C(C)=O)[c-]1cccc1)c1ccc(F)cc1.[Fe].[cH-]1[cH-][cH-][cH-][cH-]1. The van der Waals surface area contributed by atoms with Crippen molar-refractivity contribution < 1.29 is 35.8 Å². The molecule has 3 aromatic carbocycles. The number of Topliss-reactive ketones (excluding diaryl/α,β-unsaturated/α-hetero) is 3. The Morgan fingerprint density at radius 3 is 1.69 bits per heavy atom.